The maximum absolute atomic E-state index is 12.2. The average molecular weight is 346 g/mol. The van der Waals surface area contributed by atoms with Crippen LogP contribution in [0.25, 0.3) is 0 Å². The molecule has 1 aromatic carbocycles. The lowest BCUT2D eigenvalue weighted by molar-refractivity contribution is 0.0949. The highest BCUT2D eigenvalue weighted by atomic mass is 35.5. The van der Waals surface area contributed by atoms with E-state index in [2.05, 4.69) is 29.5 Å². The molecule has 0 unspecified atom stereocenters. The highest BCUT2D eigenvalue weighted by Gasteiger charge is 2.07. The van der Waals surface area contributed by atoms with Crippen molar-refractivity contribution >= 4 is 23.2 Å². The summed E-state index contributed by atoms with van der Waals surface area (Å²) in [6.07, 6.45) is 3.51. The van der Waals surface area contributed by atoms with E-state index in [1.807, 2.05) is 30.3 Å². The topological polar surface area (TPSA) is 54.0 Å². The van der Waals surface area contributed by atoms with Crippen molar-refractivity contribution in [3.63, 3.8) is 0 Å². The zero-order valence-corrected chi connectivity index (χ0v) is 14.9. The molecule has 0 radical (unpaired) electrons. The molecular weight excluding hydrogens is 322 g/mol. The monoisotopic (exact) mass is 345 g/mol. The number of anilines is 1. The molecule has 0 atom stereocenters. The predicted octanol–water partition coefficient (Wildman–Crippen LogP) is 4.17. The molecule has 5 heteroatoms. The number of aromatic nitrogens is 1. The van der Waals surface area contributed by atoms with Crippen LogP contribution in [0.1, 0.15) is 36.3 Å². The Kier molecular flexibility index (Phi) is 7.07. The van der Waals surface area contributed by atoms with Crippen molar-refractivity contribution in [2.24, 2.45) is 5.92 Å². The largest absolute Gasteiger partial charge is 0.385 e. The summed E-state index contributed by atoms with van der Waals surface area (Å²) in [5, 5.41) is 6.94. The van der Waals surface area contributed by atoms with E-state index in [1.54, 1.807) is 12.3 Å². The van der Waals surface area contributed by atoms with Crippen LogP contribution in [0.5, 0.6) is 0 Å². The molecule has 0 aliphatic carbocycles. The molecule has 1 heterocycles. The van der Waals surface area contributed by atoms with Gasteiger partial charge in [-0.05, 0) is 48.6 Å². The molecular formula is C19H24ClN3O. The van der Waals surface area contributed by atoms with E-state index < -0.39 is 0 Å². The maximum atomic E-state index is 12.2. The molecule has 0 spiro atoms. The third-order valence-corrected chi connectivity index (χ3v) is 3.91. The Morgan fingerprint density at radius 1 is 1.17 bits per heavy atom. The fourth-order valence-electron chi connectivity index (χ4n) is 2.23. The molecule has 24 heavy (non-hydrogen) atoms. The van der Waals surface area contributed by atoms with Crippen molar-refractivity contribution in [2.75, 3.05) is 18.4 Å². The SMILES string of the molecule is CC(C)CCNc1ccnc(C(=O)NCCc2ccc(Cl)cc2)c1. The number of benzene rings is 1. The van der Waals surface area contributed by atoms with Gasteiger partial charge in [-0.25, -0.2) is 0 Å². The van der Waals surface area contributed by atoms with E-state index >= 15 is 0 Å². The lowest BCUT2D eigenvalue weighted by Crippen LogP contribution is -2.26. The van der Waals surface area contributed by atoms with Gasteiger partial charge in [-0.2, -0.15) is 0 Å². The smallest absolute Gasteiger partial charge is 0.269 e. The van der Waals surface area contributed by atoms with Crippen LogP contribution in [0.4, 0.5) is 5.69 Å². The first-order chi connectivity index (χ1) is 11.5. The van der Waals surface area contributed by atoms with Crippen molar-refractivity contribution in [3.05, 3.63) is 58.9 Å². The maximum Gasteiger partial charge on any atom is 0.269 e. The molecule has 2 rings (SSSR count). The minimum atomic E-state index is -0.156. The number of carbonyl (C=O) groups excluding carboxylic acids is 1. The molecule has 2 N–H and O–H groups in total. The molecule has 0 saturated carbocycles. The number of hydrogen-bond donors (Lipinski definition) is 2. The van der Waals surface area contributed by atoms with Gasteiger partial charge in [-0.15, -0.1) is 0 Å². The number of rotatable bonds is 8. The minimum absolute atomic E-state index is 0.156. The van der Waals surface area contributed by atoms with E-state index in [0.29, 0.717) is 23.2 Å². The van der Waals surface area contributed by atoms with Crippen molar-refractivity contribution < 1.29 is 4.79 Å². The van der Waals surface area contributed by atoms with Gasteiger partial charge in [-0.3, -0.25) is 9.78 Å². The van der Waals surface area contributed by atoms with Crippen LogP contribution < -0.4 is 10.6 Å². The standard InChI is InChI=1S/C19H24ClN3O/c1-14(2)7-10-21-17-9-12-22-18(13-17)19(24)23-11-8-15-3-5-16(20)6-4-15/h3-6,9,12-14H,7-8,10-11H2,1-2H3,(H,21,22)(H,23,24). The quantitative estimate of drug-likeness (QED) is 0.755. The van der Waals surface area contributed by atoms with E-state index in [0.717, 1.165) is 30.6 Å². The Labute approximate surface area is 148 Å². The summed E-state index contributed by atoms with van der Waals surface area (Å²) in [7, 11) is 0. The van der Waals surface area contributed by atoms with Crippen molar-refractivity contribution in [2.45, 2.75) is 26.7 Å². The van der Waals surface area contributed by atoms with E-state index in [4.69, 9.17) is 11.6 Å². The molecule has 0 fully saturated rings. The van der Waals surface area contributed by atoms with E-state index in [1.165, 1.54) is 0 Å². The Hall–Kier alpha value is -2.07. The molecule has 0 aliphatic heterocycles. The summed E-state index contributed by atoms with van der Waals surface area (Å²) in [5.74, 6) is 0.492. The normalized spacial score (nSPS) is 10.7. The highest BCUT2D eigenvalue weighted by molar-refractivity contribution is 6.30. The van der Waals surface area contributed by atoms with Gasteiger partial charge in [0.25, 0.3) is 5.91 Å². The molecule has 0 aliphatic rings. The second kappa shape index (κ2) is 9.28. The first kappa shape index (κ1) is 18.3. The summed E-state index contributed by atoms with van der Waals surface area (Å²) in [6, 6.07) is 11.3. The van der Waals surface area contributed by atoms with Crippen molar-refractivity contribution in [1.82, 2.24) is 10.3 Å². The minimum Gasteiger partial charge on any atom is -0.385 e. The third-order valence-electron chi connectivity index (χ3n) is 3.66. The average Bonchev–Trinajstić information content (AvgIpc) is 2.56. The number of nitrogens with one attached hydrogen (secondary N) is 2. The van der Waals surface area contributed by atoms with Crippen molar-refractivity contribution in [1.29, 1.82) is 0 Å². The summed E-state index contributed by atoms with van der Waals surface area (Å²) >= 11 is 5.86. The van der Waals surface area contributed by atoms with Crippen LogP contribution in [0.15, 0.2) is 42.6 Å². The summed E-state index contributed by atoms with van der Waals surface area (Å²) in [6.45, 7) is 5.83. The van der Waals surface area contributed by atoms with Gasteiger partial charge in [0, 0.05) is 30.0 Å². The Morgan fingerprint density at radius 3 is 2.62 bits per heavy atom. The Bertz CT molecular complexity index is 656. The summed E-state index contributed by atoms with van der Waals surface area (Å²) in [5.41, 5.74) is 2.49. The number of nitrogens with zero attached hydrogens (tertiary/aromatic N) is 1. The van der Waals surface area contributed by atoms with Crippen LogP contribution in [-0.4, -0.2) is 24.0 Å². The van der Waals surface area contributed by atoms with Crippen LogP contribution in [0.3, 0.4) is 0 Å². The zero-order chi connectivity index (χ0) is 17.4. The van der Waals surface area contributed by atoms with Gasteiger partial charge >= 0.3 is 0 Å². The summed E-state index contributed by atoms with van der Waals surface area (Å²) < 4.78 is 0. The number of carbonyl (C=O) groups is 1. The molecule has 128 valence electrons. The Morgan fingerprint density at radius 2 is 1.92 bits per heavy atom. The fourth-order valence-corrected chi connectivity index (χ4v) is 2.36. The van der Waals surface area contributed by atoms with Gasteiger partial charge in [-0.1, -0.05) is 37.6 Å². The van der Waals surface area contributed by atoms with Gasteiger partial charge in [0.1, 0.15) is 5.69 Å². The zero-order valence-electron chi connectivity index (χ0n) is 14.2. The van der Waals surface area contributed by atoms with Gasteiger partial charge < -0.3 is 10.6 Å². The number of pyridine rings is 1. The molecule has 4 nitrogen and oxygen atoms in total. The highest BCUT2D eigenvalue weighted by Crippen LogP contribution is 2.11. The molecule has 0 saturated heterocycles. The summed E-state index contributed by atoms with van der Waals surface area (Å²) in [4.78, 5) is 16.4. The number of halogens is 1. The van der Waals surface area contributed by atoms with Crippen LogP contribution >= 0.6 is 11.6 Å². The molecule has 2 aromatic rings. The fraction of sp³-hybridized carbons (Fsp3) is 0.368. The lowest BCUT2D eigenvalue weighted by Gasteiger charge is -2.10. The predicted molar refractivity (Wildman–Crippen MR) is 99.7 cm³/mol. The first-order valence-electron chi connectivity index (χ1n) is 8.27. The van der Waals surface area contributed by atoms with E-state index in [9.17, 15) is 4.79 Å². The Balaban J connectivity index is 1.82. The second-order valence-corrected chi connectivity index (χ2v) is 6.61. The van der Waals surface area contributed by atoms with Gasteiger partial charge in [0.2, 0.25) is 0 Å². The van der Waals surface area contributed by atoms with Crippen molar-refractivity contribution in [3.8, 4) is 0 Å². The van der Waals surface area contributed by atoms with Crippen LogP contribution in [-0.2, 0) is 6.42 Å². The van der Waals surface area contributed by atoms with Gasteiger partial charge in [0.05, 0.1) is 0 Å². The number of amides is 1. The van der Waals surface area contributed by atoms with Crippen LogP contribution in [0.2, 0.25) is 5.02 Å². The first-order valence-corrected chi connectivity index (χ1v) is 8.65. The third kappa shape index (κ3) is 6.20. The van der Waals surface area contributed by atoms with E-state index in [-0.39, 0.29) is 5.91 Å². The lowest BCUT2D eigenvalue weighted by atomic mass is 10.1. The van der Waals surface area contributed by atoms with Crippen LogP contribution in [0, 0.1) is 5.92 Å². The second-order valence-electron chi connectivity index (χ2n) is 6.17. The van der Waals surface area contributed by atoms with Gasteiger partial charge in [0.15, 0.2) is 0 Å². The molecule has 1 amide bonds. The molecule has 0 bridgehead atoms. The molecule has 1 aromatic heterocycles. The number of hydrogen-bond acceptors (Lipinski definition) is 3.